The first-order valence-electron chi connectivity index (χ1n) is 9.62. The summed E-state index contributed by atoms with van der Waals surface area (Å²) in [5.41, 5.74) is 1.87. The summed E-state index contributed by atoms with van der Waals surface area (Å²) < 4.78 is 1.56. The van der Waals surface area contributed by atoms with E-state index in [9.17, 15) is 9.59 Å². The molecule has 0 aliphatic heterocycles. The minimum atomic E-state index is -0.183. The summed E-state index contributed by atoms with van der Waals surface area (Å²) >= 11 is 9.19. The number of amides is 1. The largest absolute Gasteiger partial charge is 0.340 e. The first-order valence-corrected chi connectivity index (χ1v) is 11.9. The van der Waals surface area contributed by atoms with Crippen LogP contribution >= 0.6 is 34.7 Å². The highest BCUT2D eigenvalue weighted by Gasteiger charge is 2.18. The summed E-state index contributed by atoms with van der Waals surface area (Å²) in [5, 5.41) is 3.55. The number of halogens is 1. The molecule has 0 N–H and O–H groups in total. The van der Waals surface area contributed by atoms with Gasteiger partial charge >= 0.3 is 0 Å². The summed E-state index contributed by atoms with van der Waals surface area (Å²) in [6.45, 7) is 2.43. The lowest BCUT2D eigenvalue weighted by Crippen LogP contribution is -2.28. The van der Waals surface area contributed by atoms with Crippen molar-refractivity contribution in [3.63, 3.8) is 0 Å². The van der Waals surface area contributed by atoms with Gasteiger partial charge in [-0.05, 0) is 48.2 Å². The smallest absolute Gasteiger partial charge is 0.266 e. The van der Waals surface area contributed by atoms with E-state index in [4.69, 9.17) is 16.6 Å². The predicted octanol–water partition coefficient (Wildman–Crippen LogP) is 5.16. The van der Waals surface area contributed by atoms with Crippen molar-refractivity contribution in [3.05, 3.63) is 85.8 Å². The Kier molecular flexibility index (Phi) is 6.46. The number of hydrogen-bond donors (Lipinski definition) is 0. The number of hydrogen-bond acceptors (Lipinski definition) is 5. The third-order valence-corrected chi connectivity index (χ3v) is 7.14. The highest BCUT2D eigenvalue weighted by Crippen LogP contribution is 2.26. The Morgan fingerprint density at radius 2 is 1.97 bits per heavy atom. The number of thioether (sulfide) groups is 1. The van der Waals surface area contributed by atoms with Crippen LogP contribution in [-0.4, -0.2) is 33.2 Å². The Hall–Kier alpha value is -2.61. The van der Waals surface area contributed by atoms with Crippen molar-refractivity contribution in [2.75, 3.05) is 12.8 Å². The van der Waals surface area contributed by atoms with Gasteiger partial charge in [-0.25, -0.2) is 4.98 Å². The van der Waals surface area contributed by atoms with Crippen molar-refractivity contribution in [1.82, 2.24) is 14.5 Å². The number of aromatic nitrogens is 2. The second-order valence-corrected chi connectivity index (χ2v) is 9.44. The Balaban J connectivity index is 1.70. The van der Waals surface area contributed by atoms with Crippen molar-refractivity contribution < 1.29 is 4.79 Å². The monoisotopic (exact) mass is 469 g/mol. The van der Waals surface area contributed by atoms with Gasteiger partial charge in [0.1, 0.15) is 0 Å². The second-order valence-electron chi connectivity index (χ2n) is 7.05. The van der Waals surface area contributed by atoms with Crippen LogP contribution < -0.4 is 5.56 Å². The molecule has 0 saturated heterocycles. The van der Waals surface area contributed by atoms with Gasteiger partial charge in [0.25, 0.3) is 5.56 Å². The number of carbonyl (C=O) groups is 1. The highest BCUT2D eigenvalue weighted by molar-refractivity contribution is 7.99. The highest BCUT2D eigenvalue weighted by atomic mass is 35.5. The average Bonchev–Trinajstić information content (AvgIpc) is 3.27. The first-order chi connectivity index (χ1) is 15.0. The zero-order chi connectivity index (χ0) is 22.0. The minimum Gasteiger partial charge on any atom is -0.340 e. The molecule has 5 nitrogen and oxygen atoms in total. The Morgan fingerprint density at radius 3 is 2.74 bits per heavy atom. The predicted molar refractivity (Wildman–Crippen MR) is 129 cm³/mol. The normalized spacial score (nSPS) is 11.1. The molecular weight excluding hydrogens is 450 g/mol. The van der Waals surface area contributed by atoms with E-state index in [1.165, 1.54) is 11.8 Å². The molecule has 0 atom stereocenters. The van der Waals surface area contributed by atoms with Crippen LogP contribution in [0.15, 0.2) is 69.9 Å². The molecule has 0 aliphatic carbocycles. The molecule has 2 aromatic carbocycles. The fourth-order valence-electron chi connectivity index (χ4n) is 3.22. The third-order valence-electron chi connectivity index (χ3n) is 4.95. The molecule has 0 spiro atoms. The van der Waals surface area contributed by atoms with E-state index in [-0.39, 0.29) is 17.2 Å². The quantitative estimate of drug-likeness (QED) is 0.289. The van der Waals surface area contributed by atoms with E-state index in [0.29, 0.717) is 33.3 Å². The molecule has 0 saturated carbocycles. The molecule has 158 valence electrons. The molecule has 0 fully saturated rings. The average molecular weight is 470 g/mol. The lowest BCUT2D eigenvalue weighted by molar-refractivity contribution is -0.127. The topological polar surface area (TPSA) is 55.2 Å². The van der Waals surface area contributed by atoms with Crippen LogP contribution in [0.1, 0.15) is 10.4 Å². The number of para-hydroxylation sites is 1. The molecule has 4 rings (SSSR count). The molecule has 2 aromatic heterocycles. The van der Waals surface area contributed by atoms with E-state index in [1.807, 2.05) is 42.6 Å². The standard InChI is InChI=1S/C23H20ClN3O2S2/c1-15-18(24)9-5-11-20(15)27-22(29)17-8-3-4-10-19(17)25-23(27)31-14-21(28)26(2)13-16-7-6-12-30-16/h3-12H,13-14H2,1-2H3. The van der Waals surface area contributed by atoms with Gasteiger partial charge in [-0.3, -0.25) is 14.2 Å². The zero-order valence-electron chi connectivity index (χ0n) is 17.0. The number of benzene rings is 2. The maximum Gasteiger partial charge on any atom is 0.266 e. The number of carbonyl (C=O) groups excluding carboxylic acids is 1. The molecule has 0 radical (unpaired) electrons. The maximum absolute atomic E-state index is 13.4. The van der Waals surface area contributed by atoms with Crippen molar-refractivity contribution >= 4 is 51.5 Å². The summed E-state index contributed by atoms with van der Waals surface area (Å²) in [7, 11) is 1.78. The van der Waals surface area contributed by atoms with Crippen LogP contribution in [0, 0.1) is 6.92 Å². The van der Waals surface area contributed by atoms with Crippen molar-refractivity contribution in [3.8, 4) is 5.69 Å². The minimum absolute atomic E-state index is 0.0322. The molecular formula is C23H20ClN3O2S2. The van der Waals surface area contributed by atoms with E-state index in [0.717, 1.165) is 10.4 Å². The number of thiophene rings is 1. The molecule has 0 aliphatic rings. The molecule has 0 unspecified atom stereocenters. The van der Waals surface area contributed by atoms with Crippen LogP contribution in [0.4, 0.5) is 0 Å². The second kappa shape index (κ2) is 9.26. The maximum atomic E-state index is 13.4. The van der Waals surface area contributed by atoms with Gasteiger partial charge in [-0.2, -0.15) is 0 Å². The number of rotatable bonds is 6. The molecule has 8 heteroatoms. The molecule has 0 bridgehead atoms. The Morgan fingerprint density at radius 1 is 1.16 bits per heavy atom. The lowest BCUT2D eigenvalue weighted by Gasteiger charge is -2.18. The SMILES string of the molecule is Cc1c(Cl)cccc1-n1c(SCC(=O)N(C)Cc2cccs2)nc2ccccc2c1=O. The van der Waals surface area contributed by atoms with E-state index >= 15 is 0 Å². The van der Waals surface area contributed by atoms with Crippen LogP contribution in [0.5, 0.6) is 0 Å². The van der Waals surface area contributed by atoms with Crippen molar-refractivity contribution in [2.45, 2.75) is 18.6 Å². The van der Waals surface area contributed by atoms with E-state index in [2.05, 4.69) is 0 Å². The number of fused-ring (bicyclic) bond motifs is 1. The molecule has 4 aromatic rings. The van der Waals surface area contributed by atoms with Gasteiger partial charge in [0.05, 0.1) is 28.9 Å². The van der Waals surface area contributed by atoms with Gasteiger partial charge in [0.15, 0.2) is 5.16 Å². The molecule has 2 heterocycles. The fourth-order valence-corrected chi connectivity index (χ4v) is 5.09. The molecule has 31 heavy (non-hydrogen) atoms. The first kappa shape index (κ1) is 21.6. The van der Waals surface area contributed by atoms with Crippen LogP contribution in [0.25, 0.3) is 16.6 Å². The van der Waals surface area contributed by atoms with E-state index in [1.54, 1.807) is 52.1 Å². The van der Waals surface area contributed by atoms with Gasteiger partial charge in [0.2, 0.25) is 5.91 Å². The number of nitrogens with zero attached hydrogens (tertiary/aromatic N) is 3. The van der Waals surface area contributed by atoms with Crippen LogP contribution in [0.2, 0.25) is 5.02 Å². The van der Waals surface area contributed by atoms with Crippen LogP contribution in [0.3, 0.4) is 0 Å². The van der Waals surface area contributed by atoms with E-state index < -0.39 is 0 Å². The summed E-state index contributed by atoms with van der Waals surface area (Å²) in [6, 6.07) is 16.6. The van der Waals surface area contributed by atoms with Gasteiger partial charge < -0.3 is 4.90 Å². The van der Waals surface area contributed by atoms with Gasteiger partial charge in [-0.15, -0.1) is 11.3 Å². The van der Waals surface area contributed by atoms with Crippen molar-refractivity contribution in [2.24, 2.45) is 0 Å². The molecule has 1 amide bonds. The fraction of sp³-hybridized carbons (Fsp3) is 0.174. The summed E-state index contributed by atoms with van der Waals surface area (Å²) in [6.07, 6.45) is 0. The zero-order valence-corrected chi connectivity index (χ0v) is 19.4. The van der Waals surface area contributed by atoms with Crippen molar-refractivity contribution in [1.29, 1.82) is 0 Å². The lowest BCUT2D eigenvalue weighted by atomic mass is 10.2. The summed E-state index contributed by atoms with van der Waals surface area (Å²) in [4.78, 5) is 33.6. The Bertz CT molecular complexity index is 1300. The van der Waals surface area contributed by atoms with Gasteiger partial charge in [-0.1, -0.05) is 47.6 Å². The third kappa shape index (κ3) is 4.54. The Labute approximate surface area is 193 Å². The van der Waals surface area contributed by atoms with Crippen LogP contribution in [-0.2, 0) is 11.3 Å². The summed E-state index contributed by atoms with van der Waals surface area (Å²) in [5.74, 6) is 0.141. The van der Waals surface area contributed by atoms with Gasteiger partial charge in [0, 0.05) is 16.9 Å².